The van der Waals surface area contributed by atoms with Gasteiger partial charge in [0.1, 0.15) is 5.75 Å². The van der Waals surface area contributed by atoms with Gasteiger partial charge in [-0.2, -0.15) is 0 Å². The highest BCUT2D eigenvalue weighted by atomic mass is 16.6. The zero-order chi connectivity index (χ0) is 11.4. The highest BCUT2D eigenvalue weighted by Gasteiger charge is 2.14. The maximum absolute atomic E-state index is 11.0. The molecule has 3 nitrogen and oxygen atoms in total. The quantitative estimate of drug-likeness (QED) is 0.732. The van der Waals surface area contributed by atoms with Gasteiger partial charge >= 0.3 is 5.97 Å². The Hall–Kier alpha value is -1.51. The van der Waals surface area contributed by atoms with Crippen molar-refractivity contribution in [1.82, 2.24) is 0 Å². The molecule has 0 spiro atoms. The molecule has 0 heterocycles. The van der Waals surface area contributed by atoms with E-state index in [4.69, 9.17) is 4.74 Å². The van der Waals surface area contributed by atoms with E-state index in [1.807, 2.05) is 12.1 Å². The Morgan fingerprint density at radius 1 is 1.31 bits per heavy atom. The van der Waals surface area contributed by atoms with Crippen LogP contribution < -0.4 is 4.74 Å². The normalized spacial score (nSPS) is 14.1. The van der Waals surface area contributed by atoms with Crippen molar-refractivity contribution in [3.8, 4) is 5.75 Å². The number of carbonyl (C=O) groups excluding carboxylic acids is 1. The van der Waals surface area contributed by atoms with E-state index in [1.54, 1.807) is 0 Å². The van der Waals surface area contributed by atoms with Crippen molar-refractivity contribution < 1.29 is 14.3 Å². The SMILES string of the molecule is COC(=O)COc1cccc2c1CCCC2. The molecular weight excluding hydrogens is 204 g/mol. The molecule has 0 unspecified atom stereocenters. The summed E-state index contributed by atoms with van der Waals surface area (Å²) in [5.74, 6) is 0.496. The van der Waals surface area contributed by atoms with Crippen LogP contribution >= 0.6 is 0 Å². The summed E-state index contributed by atoms with van der Waals surface area (Å²) in [5.41, 5.74) is 2.62. The fourth-order valence-corrected chi connectivity index (χ4v) is 2.08. The molecule has 1 aliphatic carbocycles. The van der Waals surface area contributed by atoms with Crippen LogP contribution in [-0.4, -0.2) is 19.7 Å². The zero-order valence-corrected chi connectivity index (χ0v) is 9.49. The summed E-state index contributed by atoms with van der Waals surface area (Å²) in [6.07, 6.45) is 4.61. The molecular formula is C13H16O3. The van der Waals surface area contributed by atoms with Crippen LogP contribution in [0.15, 0.2) is 18.2 Å². The van der Waals surface area contributed by atoms with Gasteiger partial charge in [0, 0.05) is 0 Å². The third-order valence-corrected chi connectivity index (χ3v) is 2.93. The maximum Gasteiger partial charge on any atom is 0.343 e. The Bertz CT molecular complexity index is 385. The number of methoxy groups -OCH3 is 1. The number of aryl methyl sites for hydroxylation is 1. The van der Waals surface area contributed by atoms with Gasteiger partial charge in [0.2, 0.25) is 0 Å². The molecule has 1 aromatic carbocycles. The Morgan fingerprint density at radius 2 is 2.12 bits per heavy atom. The smallest absolute Gasteiger partial charge is 0.343 e. The maximum atomic E-state index is 11.0. The topological polar surface area (TPSA) is 35.5 Å². The monoisotopic (exact) mass is 220 g/mol. The van der Waals surface area contributed by atoms with Gasteiger partial charge in [-0.3, -0.25) is 0 Å². The Morgan fingerprint density at radius 3 is 2.94 bits per heavy atom. The Labute approximate surface area is 95.4 Å². The van der Waals surface area contributed by atoms with Crippen LogP contribution in [0.5, 0.6) is 5.75 Å². The van der Waals surface area contributed by atoms with Gasteiger partial charge in [0.05, 0.1) is 7.11 Å². The number of benzene rings is 1. The van der Waals surface area contributed by atoms with E-state index < -0.39 is 0 Å². The van der Waals surface area contributed by atoms with Crippen LogP contribution in [0.2, 0.25) is 0 Å². The first kappa shape index (κ1) is 11.0. The lowest BCUT2D eigenvalue weighted by atomic mass is 9.91. The molecule has 0 N–H and O–H groups in total. The Balaban J connectivity index is 2.11. The molecule has 86 valence electrons. The minimum Gasteiger partial charge on any atom is -0.482 e. The number of esters is 1. The van der Waals surface area contributed by atoms with E-state index in [1.165, 1.54) is 31.1 Å². The molecule has 0 saturated carbocycles. The average molecular weight is 220 g/mol. The van der Waals surface area contributed by atoms with Crippen molar-refractivity contribution in [1.29, 1.82) is 0 Å². The summed E-state index contributed by atoms with van der Waals surface area (Å²) >= 11 is 0. The summed E-state index contributed by atoms with van der Waals surface area (Å²) < 4.78 is 10.0. The van der Waals surface area contributed by atoms with Gasteiger partial charge in [-0.05, 0) is 42.9 Å². The number of rotatable bonds is 3. The summed E-state index contributed by atoms with van der Waals surface area (Å²) in [5, 5.41) is 0. The van der Waals surface area contributed by atoms with E-state index in [0.29, 0.717) is 0 Å². The third-order valence-electron chi connectivity index (χ3n) is 2.93. The number of hydrogen-bond acceptors (Lipinski definition) is 3. The third kappa shape index (κ3) is 2.35. The molecule has 0 bridgehead atoms. The predicted octanol–water partition coefficient (Wildman–Crippen LogP) is 2.12. The Kier molecular flexibility index (Phi) is 3.44. The molecule has 0 aromatic heterocycles. The largest absolute Gasteiger partial charge is 0.482 e. The lowest BCUT2D eigenvalue weighted by Gasteiger charge is -2.18. The molecule has 0 aliphatic heterocycles. The van der Waals surface area contributed by atoms with E-state index in [-0.39, 0.29) is 12.6 Å². The molecule has 0 saturated heterocycles. The molecule has 0 radical (unpaired) electrons. The summed E-state index contributed by atoms with van der Waals surface area (Å²) in [6.45, 7) is -0.00699. The molecule has 0 amide bonds. The van der Waals surface area contributed by atoms with Gasteiger partial charge in [0.25, 0.3) is 0 Å². The number of fused-ring (bicyclic) bond motifs is 1. The van der Waals surface area contributed by atoms with Crippen LogP contribution in [0.25, 0.3) is 0 Å². The van der Waals surface area contributed by atoms with Crippen LogP contribution in [0.4, 0.5) is 0 Å². The second kappa shape index (κ2) is 5.01. The summed E-state index contributed by atoms with van der Waals surface area (Å²) in [6, 6.07) is 6.04. The van der Waals surface area contributed by atoms with Crippen LogP contribution in [0.1, 0.15) is 24.0 Å². The molecule has 3 heteroatoms. The van der Waals surface area contributed by atoms with Crippen molar-refractivity contribution in [2.24, 2.45) is 0 Å². The van der Waals surface area contributed by atoms with Gasteiger partial charge in [-0.15, -0.1) is 0 Å². The van der Waals surface area contributed by atoms with E-state index in [2.05, 4.69) is 10.8 Å². The first-order valence-electron chi connectivity index (χ1n) is 5.61. The first-order chi connectivity index (χ1) is 7.81. The predicted molar refractivity (Wildman–Crippen MR) is 60.6 cm³/mol. The summed E-state index contributed by atoms with van der Waals surface area (Å²) in [7, 11) is 1.37. The fraction of sp³-hybridized carbons (Fsp3) is 0.462. The fourth-order valence-electron chi connectivity index (χ4n) is 2.08. The molecule has 0 fully saturated rings. The van der Waals surface area contributed by atoms with Gasteiger partial charge < -0.3 is 9.47 Å². The number of ether oxygens (including phenoxy) is 2. The first-order valence-corrected chi connectivity index (χ1v) is 5.61. The van der Waals surface area contributed by atoms with Gasteiger partial charge in [-0.25, -0.2) is 4.79 Å². The molecule has 1 aromatic rings. The lowest BCUT2D eigenvalue weighted by Crippen LogP contribution is -2.14. The minimum atomic E-state index is -0.339. The van der Waals surface area contributed by atoms with Crippen molar-refractivity contribution in [3.63, 3.8) is 0 Å². The molecule has 16 heavy (non-hydrogen) atoms. The summed E-state index contributed by atoms with van der Waals surface area (Å²) in [4.78, 5) is 11.0. The second-order valence-electron chi connectivity index (χ2n) is 3.97. The second-order valence-corrected chi connectivity index (χ2v) is 3.97. The highest BCUT2D eigenvalue weighted by Crippen LogP contribution is 2.29. The zero-order valence-electron chi connectivity index (χ0n) is 9.49. The van der Waals surface area contributed by atoms with Crippen molar-refractivity contribution in [3.05, 3.63) is 29.3 Å². The van der Waals surface area contributed by atoms with Crippen molar-refractivity contribution >= 4 is 5.97 Å². The van der Waals surface area contributed by atoms with Crippen molar-refractivity contribution in [2.45, 2.75) is 25.7 Å². The molecule has 2 rings (SSSR count). The molecule has 1 aliphatic rings. The number of carbonyl (C=O) groups is 1. The minimum absolute atomic E-state index is 0.00699. The lowest BCUT2D eigenvalue weighted by molar-refractivity contribution is -0.142. The average Bonchev–Trinajstić information content (AvgIpc) is 2.35. The van der Waals surface area contributed by atoms with E-state index in [0.717, 1.165) is 18.6 Å². The van der Waals surface area contributed by atoms with E-state index >= 15 is 0 Å². The number of hydrogen-bond donors (Lipinski definition) is 0. The highest BCUT2D eigenvalue weighted by molar-refractivity contribution is 5.71. The van der Waals surface area contributed by atoms with Crippen LogP contribution in [-0.2, 0) is 22.4 Å². The standard InChI is InChI=1S/C13H16O3/c1-15-13(14)9-16-12-8-4-6-10-5-2-3-7-11(10)12/h4,6,8H,2-3,5,7,9H2,1H3. The van der Waals surface area contributed by atoms with Crippen LogP contribution in [0, 0.1) is 0 Å². The van der Waals surface area contributed by atoms with Crippen LogP contribution in [0.3, 0.4) is 0 Å². The van der Waals surface area contributed by atoms with E-state index in [9.17, 15) is 4.79 Å². The van der Waals surface area contributed by atoms with Gasteiger partial charge in [-0.1, -0.05) is 12.1 Å². The van der Waals surface area contributed by atoms with Gasteiger partial charge in [0.15, 0.2) is 6.61 Å². The van der Waals surface area contributed by atoms with Crippen molar-refractivity contribution in [2.75, 3.05) is 13.7 Å². The molecule has 0 atom stereocenters.